The number of aromatic amines is 1. The van der Waals surface area contributed by atoms with Crippen molar-refractivity contribution in [2.45, 2.75) is 0 Å². The van der Waals surface area contributed by atoms with Gasteiger partial charge in [0.1, 0.15) is 5.69 Å². The number of hydrogen-bond donors (Lipinski definition) is 1. The fraction of sp³-hybridized carbons (Fsp3) is 0.111. The van der Waals surface area contributed by atoms with Crippen molar-refractivity contribution in [1.29, 1.82) is 0 Å². The molecule has 0 saturated carbocycles. The molecule has 6 heteroatoms. The van der Waals surface area contributed by atoms with Gasteiger partial charge in [0.15, 0.2) is 5.82 Å². The molecule has 0 aliphatic rings. The van der Waals surface area contributed by atoms with Crippen molar-refractivity contribution in [2.24, 2.45) is 7.05 Å². The zero-order valence-corrected chi connectivity index (χ0v) is 9.38. The van der Waals surface area contributed by atoms with Gasteiger partial charge in [0.05, 0.1) is 5.69 Å². The van der Waals surface area contributed by atoms with Crippen LogP contribution in [0.3, 0.4) is 0 Å². The number of rotatable bonds is 1. The third kappa shape index (κ3) is 1.85. The van der Waals surface area contributed by atoms with Gasteiger partial charge in [-0.3, -0.25) is 19.6 Å². The smallest absolute Gasteiger partial charge is 0.266 e. The Balaban J connectivity index is 2.59. The first-order chi connectivity index (χ1) is 7.08. The van der Waals surface area contributed by atoms with E-state index in [1.54, 1.807) is 7.05 Å². The lowest BCUT2D eigenvalue weighted by atomic mass is 10.2. The average molecular weight is 272 g/mol. The summed E-state index contributed by atoms with van der Waals surface area (Å²) in [4.78, 5) is 15.1. The molecule has 0 unspecified atom stereocenters. The molecular weight excluding hydrogens is 265 g/mol. The fourth-order valence-corrected chi connectivity index (χ4v) is 1.53. The average Bonchev–Trinajstić information content (AvgIpc) is 2.46. The second-order valence-corrected chi connectivity index (χ2v) is 3.97. The minimum absolute atomic E-state index is 0.135. The number of aromatic nitrogens is 3. The molecule has 0 radical (unpaired) electrons. The van der Waals surface area contributed by atoms with Crippen LogP contribution >= 0.6 is 15.9 Å². The zero-order chi connectivity index (χ0) is 11.0. The third-order valence-electron chi connectivity index (χ3n) is 1.95. The van der Waals surface area contributed by atoms with Crippen LogP contribution in [0.15, 0.2) is 27.6 Å². The van der Waals surface area contributed by atoms with Crippen LogP contribution in [0.25, 0.3) is 11.4 Å². The standard InChI is InChI=1S/C9H7BrFN3O/c1-14-8(15)3-7(13-14)9-6(11)2-5(10)4-12-9/h2-4,13H,1H3. The largest absolute Gasteiger partial charge is 0.294 e. The Hall–Kier alpha value is -1.43. The van der Waals surface area contributed by atoms with Gasteiger partial charge < -0.3 is 0 Å². The Labute approximate surface area is 92.9 Å². The van der Waals surface area contributed by atoms with E-state index in [9.17, 15) is 9.18 Å². The summed E-state index contributed by atoms with van der Waals surface area (Å²) in [6.07, 6.45) is 1.48. The van der Waals surface area contributed by atoms with Crippen molar-refractivity contribution >= 4 is 15.9 Å². The van der Waals surface area contributed by atoms with E-state index in [1.165, 1.54) is 23.0 Å². The first kappa shape index (κ1) is 10.1. The van der Waals surface area contributed by atoms with Crippen LogP contribution < -0.4 is 5.56 Å². The van der Waals surface area contributed by atoms with Gasteiger partial charge in [0, 0.05) is 23.8 Å². The highest BCUT2D eigenvalue weighted by atomic mass is 79.9. The first-order valence-electron chi connectivity index (χ1n) is 4.15. The number of halogens is 2. The van der Waals surface area contributed by atoms with Crippen molar-refractivity contribution in [2.75, 3.05) is 0 Å². The molecule has 4 nitrogen and oxygen atoms in total. The predicted octanol–water partition coefficient (Wildman–Crippen LogP) is 1.68. The zero-order valence-electron chi connectivity index (χ0n) is 7.79. The molecule has 0 bridgehead atoms. The Bertz CT molecular complexity index is 561. The normalized spacial score (nSPS) is 10.6. The molecule has 0 atom stereocenters. The number of H-pyrrole nitrogens is 1. The van der Waals surface area contributed by atoms with Crippen LogP contribution in [0, 0.1) is 5.82 Å². The highest BCUT2D eigenvalue weighted by Crippen LogP contribution is 2.19. The Morgan fingerprint density at radius 3 is 2.80 bits per heavy atom. The van der Waals surface area contributed by atoms with E-state index >= 15 is 0 Å². The van der Waals surface area contributed by atoms with Gasteiger partial charge in [-0.05, 0) is 22.0 Å². The van der Waals surface area contributed by atoms with Gasteiger partial charge in [-0.15, -0.1) is 0 Å². The maximum atomic E-state index is 13.5. The molecule has 2 heterocycles. The molecule has 0 spiro atoms. The fourth-order valence-electron chi connectivity index (χ4n) is 1.22. The van der Waals surface area contributed by atoms with Crippen molar-refractivity contribution in [3.8, 4) is 11.4 Å². The molecule has 15 heavy (non-hydrogen) atoms. The minimum atomic E-state index is -0.480. The Kier molecular flexibility index (Phi) is 2.44. The van der Waals surface area contributed by atoms with Crippen LogP contribution in [0.5, 0.6) is 0 Å². The molecule has 2 rings (SSSR count). The lowest BCUT2D eigenvalue weighted by molar-refractivity contribution is 0.623. The summed E-state index contributed by atoms with van der Waals surface area (Å²) in [6, 6.07) is 2.60. The number of nitrogens with zero attached hydrogens (tertiary/aromatic N) is 2. The van der Waals surface area contributed by atoms with Crippen LogP contribution in [0.1, 0.15) is 0 Å². The second kappa shape index (κ2) is 3.62. The topological polar surface area (TPSA) is 50.7 Å². The summed E-state index contributed by atoms with van der Waals surface area (Å²) in [5.41, 5.74) is 0.275. The number of pyridine rings is 1. The van der Waals surface area contributed by atoms with E-state index in [0.29, 0.717) is 10.2 Å². The monoisotopic (exact) mass is 271 g/mol. The van der Waals surface area contributed by atoms with E-state index < -0.39 is 5.82 Å². The summed E-state index contributed by atoms with van der Waals surface area (Å²) in [7, 11) is 1.56. The maximum absolute atomic E-state index is 13.5. The number of hydrogen-bond acceptors (Lipinski definition) is 2. The summed E-state index contributed by atoms with van der Waals surface area (Å²) in [5, 5.41) is 2.71. The summed E-state index contributed by atoms with van der Waals surface area (Å²) in [5.74, 6) is -0.480. The van der Waals surface area contributed by atoms with E-state index in [2.05, 4.69) is 26.0 Å². The molecule has 0 aliphatic heterocycles. The highest BCUT2D eigenvalue weighted by molar-refractivity contribution is 9.10. The van der Waals surface area contributed by atoms with E-state index in [4.69, 9.17) is 0 Å². The van der Waals surface area contributed by atoms with Gasteiger partial charge >= 0.3 is 0 Å². The van der Waals surface area contributed by atoms with Crippen molar-refractivity contribution in [3.05, 3.63) is 39.0 Å². The van der Waals surface area contributed by atoms with Gasteiger partial charge in [-0.2, -0.15) is 0 Å². The van der Waals surface area contributed by atoms with Crippen LogP contribution in [-0.4, -0.2) is 14.8 Å². The van der Waals surface area contributed by atoms with Gasteiger partial charge in [0.2, 0.25) is 0 Å². The van der Waals surface area contributed by atoms with E-state index in [1.807, 2.05) is 0 Å². The van der Waals surface area contributed by atoms with Crippen LogP contribution in [0.4, 0.5) is 4.39 Å². The Morgan fingerprint density at radius 2 is 2.27 bits per heavy atom. The molecule has 2 aromatic heterocycles. The minimum Gasteiger partial charge on any atom is -0.294 e. The highest BCUT2D eigenvalue weighted by Gasteiger charge is 2.10. The van der Waals surface area contributed by atoms with Crippen molar-refractivity contribution < 1.29 is 4.39 Å². The molecule has 1 N–H and O–H groups in total. The predicted molar refractivity (Wildman–Crippen MR) is 56.9 cm³/mol. The lowest BCUT2D eigenvalue weighted by Crippen LogP contribution is -2.09. The van der Waals surface area contributed by atoms with Crippen LogP contribution in [0.2, 0.25) is 0 Å². The van der Waals surface area contributed by atoms with Gasteiger partial charge in [0.25, 0.3) is 5.56 Å². The molecular formula is C9H7BrFN3O. The van der Waals surface area contributed by atoms with Gasteiger partial charge in [-0.25, -0.2) is 4.39 Å². The molecule has 0 fully saturated rings. The van der Waals surface area contributed by atoms with Crippen molar-refractivity contribution in [3.63, 3.8) is 0 Å². The molecule has 0 amide bonds. The van der Waals surface area contributed by atoms with E-state index in [0.717, 1.165) is 0 Å². The van der Waals surface area contributed by atoms with Gasteiger partial charge in [-0.1, -0.05) is 0 Å². The summed E-state index contributed by atoms with van der Waals surface area (Å²) < 4.78 is 15.3. The summed E-state index contributed by atoms with van der Waals surface area (Å²) in [6.45, 7) is 0. The molecule has 0 aliphatic carbocycles. The lowest BCUT2D eigenvalue weighted by Gasteiger charge is -1.99. The molecule has 2 aromatic rings. The second-order valence-electron chi connectivity index (χ2n) is 3.05. The first-order valence-corrected chi connectivity index (χ1v) is 4.94. The SMILES string of the molecule is Cn1[nH]c(-c2ncc(Br)cc2F)cc1=O. The van der Waals surface area contributed by atoms with Crippen LogP contribution in [-0.2, 0) is 7.05 Å². The summed E-state index contributed by atoms with van der Waals surface area (Å²) >= 11 is 3.11. The quantitative estimate of drug-likeness (QED) is 0.858. The number of aryl methyl sites for hydroxylation is 1. The molecule has 0 aromatic carbocycles. The molecule has 0 saturated heterocycles. The molecule has 78 valence electrons. The Morgan fingerprint density at radius 1 is 1.53 bits per heavy atom. The maximum Gasteiger partial charge on any atom is 0.266 e. The number of nitrogens with one attached hydrogen (secondary N) is 1. The van der Waals surface area contributed by atoms with Crippen molar-refractivity contribution in [1.82, 2.24) is 14.8 Å². The third-order valence-corrected chi connectivity index (χ3v) is 2.38. The van der Waals surface area contributed by atoms with E-state index in [-0.39, 0.29) is 11.3 Å².